The van der Waals surface area contributed by atoms with Crippen LogP contribution in [0.25, 0.3) is 11.4 Å². The number of rotatable bonds is 14. The first-order chi connectivity index (χ1) is 27.6. The summed E-state index contributed by atoms with van der Waals surface area (Å²) >= 11 is 0. The number of carbonyl (C=O) groups excluding carboxylic acids is 6. The lowest BCUT2D eigenvalue weighted by Gasteiger charge is -2.44. The molecule has 0 N–H and O–H groups in total. The lowest BCUT2D eigenvalue weighted by molar-refractivity contribution is -0.167. The minimum Gasteiger partial charge on any atom is -0.469 e. The van der Waals surface area contributed by atoms with Crippen molar-refractivity contribution < 1.29 is 47.7 Å². The van der Waals surface area contributed by atoms with Crippen LogP contribution in [0.15, 0.2) is 132 Å². The van der Waals surface area contributed by atoms with E-state index in [9.17, 15) is 19.2 Å². The number of amides is 2. The van der Waals surface area contributed by atoms with Crippen LogP contribution in [-0.4, -0.2) is 73.4 Å². The van der Waals surface area contributed by atoms with Gasteiger partial charge in [0.15, 0.2) is 0 Å². The van der Waals surface area contributed by atoms with E-state index in [4.69, 9.17) is 18.9 Å². The van der Waals surface area contributed by atoms with Gasteiger partial charge in [-0.1, -0.05) is 121 Å². The van der Waals surface area contributed by atoms with E-state index in [0.717, 1.165) is 21.3 Å². The number of hydrogen-bond donors (Lipinski definition) is 0. The van der Waals surface area contributed by atoms with E-state index >= 15 is 9.59 Å². The molecule has 0 aliphatic carbocycles. The van der Waals surface area contributed by atoms with Crippen molar-refractivity contribution in [3.8, 4) is 0 Å². The van der Waals surface area contributed by atoms with E-state index in [2.05, 4.69) is 0 Å². The molecule has 0 bridgehead atoms. The fourth-order valence-corrected chi connectivity index (χ4v) is 8.02. The van der Waals surface area contributed by atoms with Crippen LogP contribution in [0.5, 0.6) is 0 Å². The van der Waals surface area contributed by atoms with Crippen molar-refractivity contribution >= 4 is 47.1 Å². The SMILES string of the molecule is CCOC(=O)C1=C(c2ccccc2)N(Cc2ccccc2)C(=O)C1(CC(=O)OC)C1(CC(=O)OC)C(=O)N(Cc2ccccc2)C(c2ccccc2)=C1C(=O)OC. The van der Waals surface area contributed by atoms with E-state index in [1.165, 1.54) is 9.80 Å². The maximum Gasteiger partial charge on any atom is 0.337 e. The summed E-state index contributed by atoms with van der Waals surface area (Å²) in [7, 11) is 3.30. The summed E-state index contributed by atoms with van der Waals surface area (Å²) in [6, 6.07) is 34.8. The quantitative estimate of drug-likeness (QED) is 0.115. The molecular weight excluding hydrogens is 728 g/mol. The van der Waals surface area contributed by atoms with Gasteiger partial charge in [-0.15, -0.1) is 0 Å². The summed E-state index contributed by atoms with van der Waals surface area (Å²) in [4.78, 5) is 92.6. The monoisotopic (exact) mass is 770 g/mol. The zero-order valence-electron chi connectivity index (χ0n) is 32.1. The highest BCUT2D eigenvalue weighted by Crippen LogP contribution is 2.66. The first-order valence-corrected chi connectivity index (χ1v) is 18.3. The molecule has 292 valence electrons. The topological polar surface area (TPSA) is 146 Å². The van der Waals surface area contributed by atoms with Crippen LogP contribution in [0.3, 0.4) is 0 Å². The predicted octanol–water partition coefficient (Wildman–Crippen LogP) is 5.73. The van der Waals surface area contributed by atoms with Gasteiger partial charge in [0.05, 0.1) is 76.4 Å². The summed E-state index contributed by atoms with van der Waals surface area (Å²) in [6.07, 6.45) is -1.94. The van der Waals surface area contributed by atoms with Gasteiger partial charge in [0.1, 0.15) is 10.8 Å². The van der Waals surface area contributed by atoms with Crippen molar-refractivity contribution in [1.29, 1.82) is 0 Å². The van der Waals surface area contributed by atoms with Crippen molar-refractivity contribution in [1.82, 2.24) is 9.80 Å². The first kappa shape index (κ1) is 39.9. The fourth-order valence-electron chi connectivity index (χ4n) is 8.02. The third kappa shape index (κ3) is 6.99. The van der Waals surface area contributed by atoms with Crippen molar-refractivity contribution in [2.75, 3.05) is 27.9 Å². The van der Waals surface area contributed by atoms with Crippen LogP contribution < -0.4 is 0 Å². The van der Waals surface area contributed by atoms with Crippen LogP contribution in [0.2, 0.25) is 0 Å². The number of benzene rings is 4. The summed E-state index contributed by atoms with van der Waals surface area (Å²) in [5, 5.41) is 0. The van der Waals surface area contributed by atoms with E-state index in [1.807, 2.05) is 0 Å². The van der Waals surface area contributed by atoms with E-state index in [1.54, 1.807) is 128 Å². The zero-order valence-corrected chi connectivity index (χ0v) is 32.1. The highest BCUT2D eigenvalue weighted by molar-refractivity contribution is 6.23. The van der Waals surface area contributed by atoms with Crippen molar-refractivity contribution in [2.24, 2.45) is 10.8 Å². The van der Waals surface area contributed by atoms with Gasteiger partial charge in [0, 0.05) is 0 Å². The molecule has 2 amide bonds. The molecule has 4 aromatic carbocycles. The molecule has 12 nitrogen and oxygen atoms in total. The van der Waals surface area contributed by atoms with Crippen molar-refractivity contribution in [3.05, 3.63) is 155 Å². The highest BCUT2D eigenvalue weighted by Gasteiger charge is 2.76. The molecule has 0 saturated heterocycles. The molecule has 2 aliphatic heterocycles. The van der Waals surface area contributed by atoms with Gasteiger partial charge in [-0.05, 0) is 29.2 Å². The molecule has 0 aromatic heterocycles. The third-order valence-electron chi connectivity index (χ3n) is 10.4. The number of nitrogens with zero attached hydrogens (tertiary/aromatic N) is 2. The largest absolute Gasteiger partial charge is 0.469 e. The fraction of sp³-hybridized carbons (Fsp3) is 0.244. The summed E-state index contributed by atoms with van der Waals surface area (Å²) in [5.74, 6) is -6.00. The van der Waals surface area contributed by atoms with Crippen LogP contribution in [0, 0.1) is 10.8 Å². The Morgan fingerprint density at radius 2 is 0.860 bits per heavy atom. The minimum atomic E-state index is -2.67. The summed E-state index contributed by atoms with van der Waals surface area (Å²) in [5.41, 5.74) is -4.14. The van der Waals surface area contributed by atoms with E-state index in [0.29, 0.717) is 22.3 Å². The maximum atomic E-state index is 16.1. The Balaban J connectivity index is 1.85. The minimum absolute atomic E-state index is 0.0169. The van der Waals surface area contributed by atoms with Gasteiger partial charge >= 0.3 is 23.9 Å². The molecule has 0 fully saturated rings. The van der Waals surface area contributed by atoms with Gasteiger partial charge in [-0.25, -0.2) is 9.59 Å². The van der Waals surface area contributed by atoms with Crippen LogP contribution in [-0.2, 0) is 60.8 Å². The van der Waals surface area contributed by atoms with Crippen LogP contribution >= 0.6 is 0 Å². The Kier molecular flexibility index (Phi) is 11.8. The Bertz CT molecular complexity index is 2240. The lowest BCUT2D eigenvalue weighted by atomic mass is 9.53. The first-order valence-electron chi connectivity index (χ1n) is 18.3. The zero-order chi connectivity index (χ0) is 40.7. The number of methoxy groups -OCH3 is 3. The van der Waals surface area contributed by atoms with E-state index in [-0.39, 0.29) is 31.1 Å². The second kappa shape index (κ2) is 16.9. The molecule has 0 spiro atoms. The molecule has 12 heteroatoms. The Morgan fingerprint density at radius 1 is 0.509 bits per heavy atom. The van der Waals surface area contributed by atoms with Gasteiger partial charge in [0.2, 0.25) is 11.8 Å². The normalized spacial score (nSPS) is 19.2. The molecule has 0 saturated carbocycles. The Morgan fingerprint density at radius 3 is 1.19 bits per heavy atom. The summed E-state index contributed by atoms with van der Waals surface area (Å²) in [6.45, 7) is 1.11. The summed E-state index contributed by atoms with van der Waals surface area (Å²) < 4.78 is 21.6. The molecule has 57 heavy (non-hydrogen) atoms. The Labute approximate surface area is 330 Å². The number of esters is 4. The molecule has 2 atom stereocenters. The highest BCUT2D eigenvalue weighted by atomic mass is 16.5. The number of ether oxygens (including phenoxy) is 4. The van der Waals surface area contributed by atoms with Gasteiger partial charge < -0.3 is 28.7 Å². The molecule has 2 heterocycles. The van der Waals surface area contributed by atoms with Crippen LogP contribution in [0.4, 0.5) is 0 Å². The van der Waals surface area contributed by atoms with Crippen molar-refractivity contribution in [3.63, 3.8) is 0 Å². The molecule has 6 rings (SSSR count). The molecule has 2 aliphatic rings. The second-order valence-electron chi connectivity index (χ2n) is 13.5. The van der Waals surface area contributed by atoms with Gasteiger partial charge in [-0.2, -0.15) is 0 Å². The Hall–Kier alpha value is -6.82. The molecule has 2 unspecified atom stereocenters. The lowest BCUT2D eigenvalue weighted by Crippen LogP contribution is -2.59. The average molecular weight is 771 g/mol. The van der Waals surface area contributed by atoms with Gasteiger partial charge in [0.25, 0.3) is 0 Å². The standard InChI is InChI=1S/C45H42N2O10/c1-5-57-41(51)37-39(33-24-16-9-17-25-33)47(29-31-20-12-7-13-21-31)43(53)45(37,27-35(49)55-3)44(26-34(48)54-2)36(40(50)56-4)38(32-22-14-8-15-23-32)46(42(44)52)28-30-18-10-6-11-19-30/h6-25H,5,26-29H2,1-4H3. The predicted molar refractivity (Wildman–Crippen MR) is 207 cm³/mol. The number of carbonyl (C=O) groups is 6. The molecule has 4 aromatic rings. The van der Waals surface area contributed by atoms with E-state index < -0.39 is 70.5 Å². The third-order valence-corrected chi connectivity index (χ3v) is 10.4. The van der Waals surface area contributed by atoms with Crippen LogP contribution in [0.1, 0.15) is 42.0 Å². The second-order valence-corrected chi connectivity index (χ2v) is 13.5. The van der Waals surface area contributed by atoms with Crippen molar-refractivity contribution in [2.45, 2.75) is 32.9 Å². The molecular formula is C45H42N2O10. The molecule has 0 radical (unpaired) electrons. The number of hydrogen-bond acceptors (Lipinski definition) is 10. The average Bonchev–Trinajstić information content (AvgIpc) is 3.63. The smallest absolute Gasteiger partial charge is 0.337 e. The van der Waals surface area contributed by atoms with Gasteiger partial charge in [-0.3, -0.25) is 19.2 Å². The maximum absolute atomic E-state index is 16.1.